The predicted octanol–water partition coefficient (Wildman–Crippen LogP) is 4.00. The van der Waals surface area contributed by atoms with Crippen molar-refractivity contribution in [3.8, 4) is 0 Å². The molecule has 0 bridgehead atoms. The molecule has 0 radical (unpaired) electrons. The van der Waals surface area contributed by atoms with Crippen molar-refractivity contribution in [3.63, 3.8) is 0 Å². The van der Waals surface area contributed by atoms with Gasteiger partial charge >= 0.3 is 41.5 Å². The van der Waals surface area contributed by atoms with E-state index in [-0.39, 0.29) is 54.6 Å². The Morgan fingerprint density at radius 1 is 0.774 bits per heavy atom. The standard InChI is InChI=1S/C22H42O7S.Na.H/c1-16(2)9-7-11-18(5)14-28-21(23)13-20(30(25,26)27)22(24)29-15-19(6)12-8-10-17(3)4;;/h16-20H,7-15H2,1-6H3,(H,25,26,27);;. The molecule has 0 aliphatic heterocycles. The molecule has 180 valence electrons. The second kappa shape index (κ2) is 17.3. The first-order valence-corrected chi connectivity index (χ1v) is 12.6. The molecule has 0 aliphatic rings. The summed E-state index contributed by atoms with van der Waals surface area (Å²) < 4.78 is 42.7. The van der Waals surface area contributed by atoms with E-state index in [1.165, 1.54) is 0 Å². The fourth-order valence-electron chi connectivity index (χ4n) is 2.99. The number of ether oxygens (including phenoxy) is 2. The van der Waals surface area contributed by atoms with E-state index in [2.05, 4.69) is 27.7 Å². The number of carbonyl (C=O) groups excluding carboxylic acids is 2. The first kappa shape index (κ1) is 33.0. The normalized spacial score (nSPS) is 14.6. The summed E-state index contributed by atoms with van der Waals surface area (Å²) >= 11 is 0. The van der Waals surface area contributed by atoms with Gasteiger partial charge in [-0.1, -0.05) is 67.2 Å². The average molecular weight is 475 g/mol. The quantitative estimate of drug-likeness (QED) is 0.205. The summed E-state index contributed by atoms with van der Waals surface area (Å²) in [5.74, 6) is -0.555. The molecule has 0 amide bonds. The van der Waals surface area contributed by atoms with Crippen LogP contribution < -0.4 is 0 Å². The van der Waals surface area contributed by atoms with Gasteiger partial charge in [-0.15, -0.1) is 0 Å². The molecular weight excluding hydrogens is 431 g/mol. The summed E-state index contributed by atoms with van der Waals surface area (Å²) in [6.45, 7) is 12.6. The Morgan fingerprint density at radius 3 is 1.58 bits per heavy atom. The number of hydrogen-bond donors (Lipinski definition) is 1. The van der Waals surface area contributed by atoms with Crippen LogP contribution in [0.15, 0.2) is 0 Å². The Bertz CT molecular complexity index is 605. The van der Waals surface area contributed by atoms with Gasteiger partial charge in [-0.3, -0.25) is 14.1 Å². The van der Waals surface area contributed by atoms with E-state index < -0.39 is 33.7 Å². The van der Waals surface area contributed by atoms with Gasteiger partial charge in [0.05, 0.1) is 19.6 Å². The van der Waals surface area contributed by atoms with Gasteiger partial charge in [0.15, 0.2) is 5.25 Å². The Labute approximate surface area is 211 Å². The summed E-state index contributed by atoms with van der Waals surface area (Å²) in [6, 6.07) is 0. The second-order valence-electron chi connectivity index (χ2n) is 9.38. The van der Waals surface area contributed by atoms with Crippen molar-refractivity contribution in [2.75, 3.05) is 13.2 Å². The molecule has 0 spiro atoms. The van der Waals surface area contributed by atoms with Crippen molar-refractivity contribution in [1.82, 2.24) is 0 Å². The fourth-order valence-corrected chi connectivity index (χ4v) is 3.65. The van der Waals surface area contributed by atoms with Crippen LogP contribution >= 0.6 is 0 Å². The third-order valence-corrected chi connectivity index (χ3v) is 6.05. The number of carbonyl (C=O) groups is 2. The molecule has 0 saturated carbocycles. The van der Waals surface area contributed by atoms with Crippen LogP contribution in [0, 0.1) is 23.7 Å². The monoisotopic (exact) mass is 474 g/mol. The summed E-state index contributed by atoms with van der Waals surface area (Å²) in [4.78, 5) is 24.2. The molecule has 3 unspecified atom stereocenters. The second-order valence-corrected chi connectivity index (χ2v) is 11.0. The number of rotatable bonds is 16. The molecule has 0 saturated heterocycles. The Hall–Kier alpha value is -0.150. The van der Waals surface area contributed by atoms with Crippen molar-refractivity contribution in [3.05, 3.63) is 0 Å². The topological polar surface area (TPSA) is 107 Å². The fraction of sp³-hybridized carbons (Fsp3) is 0.909. The van der Waals surface area contributed by atoms with E-state index in [1.807, 2.05) is 13.8 Å². The van der Waals surface area contributed by atoms with E-state index in [0.717, 1.165) is 38.5 Å². The zero-order valence-electron chi connectivity index (χ0n) is 19.6. The van der Waals surface area contributed by atoms with Gasteiger partial charge < -0.3 is 9.47 Å². The Balaban J connectivity index is 0. The molecule has 0 fully saturated rings. The van der Waals surface area contributed by atoms with E-state index >= 15 is 0 Å². The summed E-state index contributed by atoms with van der Waals surface area (Å²) in [7, 11) is -4.77. The molecule has 0 aliphatic carbocycles. The van der Waals surface area contributed by atoms with Crippen molar-refractivity contribution in [2.24, 2.45) is 23.7 Å². The molecular formula is C22H43NaO7S. The molecule has 9 heteroatoms. The molecule has 7 nitrogen and oxygen atoms in total. The van der Waals surface area contributed by atoms with E-state index in [9.17, 15) is 22.6 Å². The van der Waals surface area contributed by atoms with Crippen molar-refractivity contribution in [2.45, 2.75) is 91.7 Å². The molecule has 0 aromatic heterocycles. The van der Waals surface area contributed by atoms with Gasteiger partial charge in [-0.05, 0) is 36.5 Å². The molecule has 3 atom stereocenters. The van der Waals surface area contributed by atoms with Gasteiger partial charge in [0, 0.05) is 0 Å². The van der Waals surface area contributed by atoms with Gasteiger partial charge in [-0.2, -0.15) is 8.42 Å². The summed E-state index contributed by atoms with van der Waals surface area (Å²) in [5.41, 5.74) is 0. The number of hydrogen-bond acceptors (Lipinski definition) is 6. The first-order chi connectivity index (χ1) is 13.8. The Kier molecular flexibility index (Phi) is 18.5. The van der Waals surface area contributed by atoms with Gasteiger partial charge in [-0.25, -0.2) is 0 Å². The summed E-state index contributed by atoms with van der Waals surface area (Å²) in [6.07, 6.45) is 5.14. The minimum absolute atomic E-state index is 0. The molecule has 1 N–H and O–H groups in total. The summed E-state index contributed by atoms with van der Waals surface area (Å²) in [5, 5.41) is -1.95. The SMILES string of the molecule is CC(C)CCCC(C)COC(=O)CC(C(=O)OCC(C)CCCC(C)C)S(=O)(=O)O.[NaH]. The maximum atomic E-state index is 12.2. The van der Waals surface area contributed by atoms with Crippen molar-refractivity contribution in [1.29, 1.82) is 0 Å². The van der Waals surface area contributed by atoms with Crippen LogP contribution in [0.25, 0.3) is 0 Å². The third-order valence-electron chi connectivity index (χ3n) is 4.97. The van der Waals surface area contributed by atoms with Crippen LogP contribution in [0.1, 0.15) is 86.5 Å². The first-order valence-electron chi connectivity index (χ1n) is 11.1. The molecule has 0 heterocycles. The van der Waals surface area contributed by atoms with Crippen molar-refractivity contribution >= 4 is 51.6 Å². The van der Waals surface area contributed by atoms with E-state index in [0.29, 0.717) is 11.8 Å². The minimum atomic E-state index is -4.77. The van der Waals surface area contributed by atoms with Gasteiger partial charge in [0.25, 0.3) is 10.1 Å². The van der Waals surface area contributed by atoms with Crippen LogP contribution in [-0.2, 0) is 29.2 Å². The van der Waals surface area contributed by atoms with Crippen LogP contribution in [0.4, 0.5) is 0 Å². The number of esters is 2. The van der Waals surface area contributed by atoms with Crippen LogP contribution in [-0.4, -0.2) is 72.9 Å². The van der Waals surface area contributed by atoms with Gasteiger partial charge in [0.2, 0.25) is 0 Å². The van der Waals surface area contributed by atoms with Crippen molar-refractivity contribution < 1.29 is 32.0 Å². The molecule has 0 aromatic carbocycles. The van der Waals surface area contributed by atoms with Crippen LogP contribution in [0.5, 0.6) is 0 Å². The maximum absolute atomic E-state index is 12.2. The molecule has 31 heavy (non-hydrogen) atoms. The molecule has 0 rings (SSSR count). The third kappa shape index (κ3) is 18.0. The van der Waals surface area contributed by atoms with Crippen LogP contribution in [0.3, 0.4) is 0 Å². The van der Waals surface area contributed by atoms with E-state index in [4.69, 9.17) is 9.47 Å². The van der Waals surface area contributed by atoms with Crippen LogP contribution in [0.2, 0.25) is 0 Å². The Morgan fingerprint density at radius 2 is 1.19 bits per heavy atom. The predicted molar refractivity (Wildman–Crippen MR) is 125 cm³/mol. The van der Waals surface area contributed by atoms with Gasteiger partial charge in [0.1, 0.15) is 0 Å². The van der Waals surface area contributed by atoms with E-state index in [1.54, 1.807) is 0 Å². The molecule has 0 aromatic rings. The zero-order valence-corrected chi connectivity index (χ0v) is 20.4. The zero-order chi connectivity index (χ0) is 23.3. The average Bonchev–Trinajstić information content (AvgIpc) is 2.60.